The molecule has 0 radical (unpaired) electrons. The summed E-state index contributed by atoms with van der Waals surface area (Å²) in [4.78, 5) is 19.3. The van der Waals surface area contributed by atoms with E-state index in [4.69, 9.17) is 9.72 Å². The molecule has 1 aliphatic heterocycles. The number of anilines is 1. The quantitative estimate of drug-likeness (QED) is 0.607. The normalized spacial score (nSPS) is 16.2. The van der Waals surface area contributed by atoms with Crippen molar-refractivity contribution in [3.05, 3.63) is 48.3 Å². The molecule has 0 aliphatic carbocycles. The fourth-order valence-corrected chi connectivity index (χ4v) is 4.85. The first-order chi connectivity index (χ1) is 15.3. The fourth-order valence-electron chi connectivity index (χ4n) is 3.93. The molecule has 2 heterocycles. The molecule has 2 aromatic carbocycles. The van der Waals surface area contributed by atoms with Crippen molar-refractivity contribution in [3.63, 3.8) is 0 Å². The highest BCUT2D eigenvalue weighted by molar-refractivity contribution is 7.89. The Morgan fingerprint density at radius 3 is 2.69 bits per heavy atom. The van der Waals surface area contributed by atoms with Crippen LogP contribution in [0.25, 0.3) is 11.0 Å². The summed E-state index contributed by atoms with van der Waals surface area (Å²) in [6, 6.07) is 12.6. The summed E-state index contributed by atoms with van der Waals surface area (Å²) < 4.78 is 34.2. The first-order valence-electron chi connectivity index (χ1n) is 10.4. The summed E-state index contributed by atoms with van der Waals surface area (Å²) in [6.45, 7) is 3.53. The van der Waals surface area contributed by atoms with Gasteiger partial charge in [-0.15, -0.1) is 0 Å². The van der Waals surface area contributed by atoms with E-state index in [1.807, 2.05) is 31.2 Å². The highest BCUT2D eigenvalue weighted by Crippen LogP contribution is 2.34. The second kappa shape index (κ2) is 8.44. The summed E-state index contributed by atoms with van der Waals surface area (Å²) in [7, 11) is 1.05. The van der Waals surface area contributed by atoms with Crippen molar-refractivity contribution in [2.45, 2.75) is 31.0 Å². The zero-order valence-electron chi connectivity index (χ0n) is 18.6. The third kappa shape index (κ3) is 3.80. The number of aromatic nitrogens is 2. The summed E-state index contributed by atoms with van der Waals surface area (Å²) in [5.41, 5.74) is 2.37. The Morgan fingerprint density at radius 2 is 2.00 bits per heavy atom. The van der Waals surface area contributed by atoms with Crippen molar-refractivity contribution in [2.24, 2.45) is 0 Å². The minimum Gasteiger partial charge on any atom is -0.477 e. The standard InChI is InChI=1S/C22H27N5O4S/c1-5-27-17-11-10-15(32(29,30)25(3)4)12-16(17)24-21(27)14-26-13-20(22(28)23-2)31-19-9-7-6-8-18(19)26/h6-12,20H,5,13-14H2,1-4H3,(H,23,28)/t20-/m0/s1. The number of aryl methyl sites for hydroxylation is 1. The number of ether oxygens (including phenoxy) is 1. The number of hydrogen-bond donors (Lipinski definition) is 1. The molecular formula is C22H27N5O4S. The number of imidazole rings is 1. The second-order valence-corrected chi connectivity index (χ2v) is 9.93. The molecule has 1 N–H and O–H groups in total. The van der Waals surface area contributed by atoms with E-state index in [1.54, 1.807) is 25.2 Å². The zero-order chi connectivity index (χ0) is 23.0. The van der Waals surface area contributed by atoms with Crippen LogP contribution in [0.1, 0.15) is 12.7 Å². The molecule has 1 aliphatic rings. The van der Waals surface area contributed by atoms with E-state index in [2.05, 4.69) is 14.8 Å². The first-order valence-corrected chi connectivity index (χ1v) is 11.8. The number of amides is 1. The number of likely N-dealkylation sites (N-methyl/N-ethyl adjacent to an activating group) is 1. The molecule has 3 aromatic rings. The fraction of sp³-hybridized carbons (Fsp3) is 0.364. The molecule has 4 rings (SSSR count). The molecule has 170 valence electrons. The van der Waals surface area contributed by atoms with Crippen LogP contribution in [0.3, 0.4) is 0 Å². The molecule has 32 heavy (non-hydrogen) atoms. The van der Waals surface area contributed by atoms with Gasteiger partial charge in [0, 0.05) is 27.7 Å². The smallest absolute Gasteiger partial charge is 0.262 e. The maximum atomic E-state index is 12.6. The number of nitrogens with one attached hydrogen (secondary N) is 1. The van der Waals surface area contributed by atoms with Crippen molar-refractivity contribution in [2.75, 3.05) is 32.6 Å². The summed E-state index contributed by atoms with van der Waals surface area (Å²) in [5, 5.41) is 2.65. The van der Waals surface area contributed by atoms with Crippen molar-refractivity contribution in [1.82, 2.24) is 19.2 Å². The Hall–Kier alpha value is -3.11. The van der Waals surface area contributed by atoms with Crippen LogP contribution in [-0.2, 0) is 27.9 Å². The van der Waals surface area contributed by atoms with Gasteiger partial charge < -0.3 is 19.5 Å². The van der Waals surface area contributed by atoms with E-state index in [0.717, 1.165) is 17.0 Å². The minimum atomic E-state index is -3.55. The van der Waals surface area contributed by atoms with Crippen molar-refractivity contribution >= 4 is 32.7 Å². The lowest BCUT2D eigenvalue weighted by molar-refractivity contribution is -0.127. The van der Waals surface area contributed by atoms with Crippen LogP contribution < -0.4 is 15.0 Å². The molecule has 0 spiro atoms. The monoisotopic (exact) mass is 457 g/mol. The molecular weight excluding hydrogens is 430 g/mol. The summed E-state index contributed by atoms with van der Waals surface area (Å²) >= 11 is 0. The van der Waals surface area contributed by atoms with E-state index in [0.29, 0.717) is 30.9 Å². The van der Waals surface area contributed by atoms with Gasteiger partial charge in [-0.1, -0.05) is 12.1 Å². The maximum Gasteiger partial charge on any atom is 0.262 e. The molecule has 1 amide bonds. The average molecular weight is 458 g/mol. The lowest BCUT2D eigenvalue weighted by Crippen LogP contribution is -2.48. The predicted molar refractivity (Wildman–Crippen MR) is 122 cm³/mol. The van der Waals surface area contributed by atoms with Gasteiger partial charge in [-0.2, -0.15) is 0 Å². The van der Waals surface area contributed by atoms with Gasteiger partial charge in [0.2, 0.25) is 10.0 Å². The van der Waals surface area contributed by atoms with Gasteiger partial charge in [0.15, 0.2) is 6.10 Å². The maximum absolute atomic E-state index is 12.6. The lowest BCUT2D eigenvalue weighted by atomic mass is 10.1. The highest BCUT2D eigenvalue weighted by atomic mass is 32.2. The van der Waals surface area contributed by atoms with Gasteiger partial charge in [-0.25, -0.2) is 17.7 Å². The Morgan fingerprint density at radius 1 is 1.25 bits per heavy atom. The largest absolute Gasteiger partial charge is 0.477 e. The van der Waals surface area contributed by atoms with E-state index < -0.39 is 16.1 Å². The third-order valence-corrected chi connectivity index (χ3v) is 7.44. The van der Waals surface area contributed by atoms with Crippen molar-refractivity contribution in [1.29, 1.82) is 0 Å². The van der Waals surface area contributed by atoms with E-state index in [9.17, 15) is 13.2 Å². The number of nitrogens with zero attached hydrogens (tertiary/aromatic N) is 4. The van der Waals surface area contributed by atoms with Crippen LogP contribution in [0.2, 0.25) is 0 Å². The van der Waals surface area contributed by atoms with Gasteiger partial charge in [0.1, 0.15) is 11.6 Å². The molecule has 0 bridgehead atoms. The van der Waals surface area contributed by atoms with Gasteiger partial charge in [0.25, 0.3) is 5.91 Å². The molecule has 10 heteroatoms. The molecule has 0 saturated carbocycles. The Kier molecular flexibility index (Phi) is 5.83. The number of benzene rings is 2. The number of sulfonamides is 1. The zero-order valence-corrected chi connectivity index (χ0v) is 19.4. The SMILES string of the molecule is CCn1c(CN2C[C@@H](C(=O)NC)Oc3ccccc32)nc2cc(S(=O)(=O)N(C)C)ccc21. The van der Waals surface area contributed by atoms with Crippen LogP contribution >= 0.6 is 0 Å². The number of carbonyl (C=O) groups is 1. The Bertz CT molecular complexity index is 1270. The minimum absolute atomic E-state index is 0.188. The van der Waals surface area contributed by atoms with Crippen molar-refractivity contribution < 1.29 is 17.9 Å². The molecule has 0 saturated heterocycles. The van der Waals surface area contributed by atoms with Gasteiger partial charge in [-0.3, -0.25) is 4.79 Å². The van der Waals surface area contributed by atoms with E-state index in [-0.39, 0.29) is 10.8 Å². The van der Waals surface area contributed by atoms with E-state index >= 15 is 0 Å². The van der Waals surface area contributed by atoms with Gasteiger partial charge in [-0.05, 0) is 37.3 Å². The molecule has 9 nitrogen and oxygen atoms in total. The van der Waals surface area contributed by atoms with E-state index in [1.165, 1.54) is 18.4 Å². The molecule has 1 aromatic heterocycles. The van der Waals surface area contributed by atoms with Crippen LogP contribution in [0.5, 0.6) is 5.75 Å². The Balaban J connectivity index is 1.74. The first kappa shape index (κ1) is 22.1. The van der Waals surface area contributed by atoms with Crippen LogP contribution in [0.15, 0.2) is 47.4 Å². The van der Waals surface area contributed by atoms with Crippen molar-refractivity contribution in [3.8, 4) is 5.75 Å². The Labute approximate surface area is 187 Å². The number of para-hydroxylation sites is 2. The average Bonchev–Trinajstić information content (AvgIpc) is 3.14. The van der Waals surface area contributed by atoms with Gasteiger partial charge in [0.05, 0.1) is 34.7 Å². The van der Waals surface area contributed by atoms with Crippen LogP contribution in [0, 0.1) is 0 Å². The second-order valence-electron chi connectivity index (χ2n) is 7.78. The molecule has 0 fully saturated rings. The number of fused-ring (bicyclic) bond motifs is 2. The number of carbonyl (C=O) groups excluding carboxylic acids is 1. The van der Waals surface area contributed by atoms with Crippen LogP contribution in [0.4, 0.5) is 5.69 Å². The highest BCUT2D eigenvalue weighted by Gasteiger charge is 2.31. The topological polar surface area (TPSA) is 96.8 Å². The van der Waals surface area contributed by atoms with Gasteiger partial charge >= 0.3 is 0 Å². The predicted octanol–water partition coefficient (Wildman–Crippen LogP) is 1.82. The molecule has 1 atom stereocenters. The molecule has 0 unspecified atom stereocenters. The number of hydrogen-bond acceptors (Lipinski definition) is 6. The summed E-state index contributed by atoms with van der Waals surface area (Å²) in [5.74, 6) is 1.24. The van der Waals surface area contributed by atoms with Crippen LogP contribution in [-0.4, -0.2) is 62.0 Å². The number of rotatable bonds is 6. The lowest BCUT2D eigenvalue weighted by Gasteiger charge is -2.35. The summed E-state index contributed by atoms with van der Waals surface area (Å²) in [6.07, 6.45) is -0.633. The third-order valence-electron chi connectivity index (χ3n) is 5.63.